The highest BCUT2D eigenvalue weighted by molar-refractivity contribution is 6.01. The van der Waals surface area contributed by atoms with Gasteiger partial charge in [0.05, 0.1) is 34.4 Å². The third-order valence-corrected chi connectivity index (χ3v) is 13.4. The fourth-order valence-corrected chi connectivity index (χ4v) is 11.0. The first-order valence-electron chi connectivity index (χ1n) is 17.6. The average molecular weight is 645 g/mol. The van der Waals surface area contributed by atoms with Gasteiger partial charge < -0.3 is 17.7 Å². The molecular weight excluding hydrogens is 604 g/mol. The number of hydrogen-bond acceptors (Lipinski definition) is 8. The lowest BCUT2D eigenvalue weighted by atomic mass is 9.73. The van der Waals surface area contributed by atoms with Crippen LogP contribution in [0.5, 0.6) is 0 Å². The highest BCUT2D eigenvalue weighted by Crippen LogP contribution is 2.59. The van der Waals surface area contributed by atoms with E-state index in [1.165, 1.54) is 0 Å². The van der Waals surface area contributed by atoms with Crippen LogP contribution in [0, 0.1) is 39.5 Å². The molecule has 48 heavy (non-hydrogen) atoms. The van der Waals surface area contributed by atoms with E-state index in [1.807, 2.05) is 39.8 Å². The van der Waals surface area contributed by atoms with Gasteiger partial charge in [-0.2, -0.15) is 0 Å². The minimum Gasteiger partial charge on any atom is -0.464 e. The maximum absolute atomic E-state index is 14.1. The topological polar surface area (TPSA) is 93.2 Å². The van der Waals surface area contributed by atoms with Gasteiger partial charge in [0.2, 0.25) is 0 Å². The molecule has 4 aliphatic rings. The van der Waals surface area contributed by atoms with E-state index < -0.39 is 11.1 Å². The Balaban J connectivity index is 1.15. The van der Waals surface area contributed by atoms with Gasteiger partial charge in [-0.05, 0) is 127 Å². The highest BCUT2D eigenvalue weighted by Gasteiger charge is 2.60. The number of piperidine rings is 2. The van der Waals surface area contributed by atoms with Gasteiger partial charge in [0.15, 0.2) is 10.9 Å². The first-order valence-corrected chi connectivity index (χ1v) is 17.6. The van der Waals surface area contributed by atoms with Crippen molar-refractivity contribution >= 4 is 43.9 Å². The molecule has 246 valence electrons. The Morgan fingerprint density at radius 2 is 1.00 bits per heavy atom. The molecule has 4 aliphatic heterocycles. The minimum absolute atomic E-state index is 0.0110. The molecule has 0 N–H and O–H groups in total. The number of furan rings is 2. The first-order chi connectivity index (χ1) is 23.2. The van der Waals surface area contributed by atoms with Crippen molar-refractivity contribution in [3.63, 3.8) is 0 Å². The van der Waals surface area contributed by atoms with Crippen LogP contribution in [0.1, 0.15) is 72.3 Å². The van der Waals surface area contributed by atoms with Crippen molar-refractivity contribution < 1.29 is 17.7 Å². The van der Waals surface area contributed by atoms with E-state index >= 15 is 0 Å². The van der Waals surface area contributed by atoms with Gasteiger partial charge >= 0.3 is 0 Å². The number of rotatable bonds is 5. The molecule has 4 aromatic heterocycles. The van der Waals surface area contributed by atoms with E-state index in [0.717, 1.165) is 120 Å². The third-order valence-electron chi connectivity index (χ3n) is 13.4. The number of fused-ring (bicyclic) bond motifs is 8. The maximum atomic E-state index is 14.1. The highest BCUT2D eigenvalue weighted by atomic mass is 16.4. The van der Waals surface area contributed by atoms with E-state index in [1.54, 1.807) is 24.7 Å². The Kier molecular flexibility index (Phi) is 5.84. The molecule has 8 heterocycles. The molecular formula is C40H40N2O6. The Morgan fingerprint density at radius 3 is 1.35 bits per heavy atom. The predicted octanol–water partition coefficient (Wildman–Crippen LogP) is 7.95. The quantitative estimate of drug-likeness (QED) is 0.187. The van der Waals surface area contributed by atoms with E-state index in [2.05, 4.69) is 9.80 Å². The van der Waals surface area contributed by atoms with Crippen molar-refractivity contribution in [1.82, 2.24) is 9.80 Å². The zero-order valence-electron chi connectivity index (χ0n) is 28.0. The summed E-state index contributed by atoms with van der Waals surface area (Å²) in [5.41, 5.74) is 5.61. The van der Waals surface area contributed by atoms with Crippen LogP contribution in [-0.2, 0) is 11.1 Å². The molecule has 0 radical (unpaired) electrons. The molecule has 2 atom stereocenters. The Morgan fingerprint density at radius 1 is 0.604 bits per heavy atom. The van der Waals surface area contributed by atoms with Crippen LogP contribution >= 0.6 is 0 Å². The van der Waals surface area contributed by atoms with E-state index in [9.17, 15) is 9.59 Å². The van der Waals surface area contributed by atoms with Crippen LogP contribution in [0.25, 0.3) is 43.9 Å². The van der Waals surface area contributed by atoms with Crippen molar-refractivity contribution in [1.29, 1.82) is 0 Å². The lowest BCUT2D eigenvalue weighted by Gasteiger charge is -2.41. The smallest absolute Gasteiger partial charge is 0.193 e. The monoisotopic (exact) mass is 644 g/mol. The average Bonchev–Trinajstić information content (AvgIpc) is 3.95. The van der Waals surface area contributed by atoms with Crippen molar-refractivity contribution in [3.05, 3.63) is 91.0 Å². The molecule has 8 nitrogen and oxygen atoms in total. The summed E-state index contributed by atoms with van der Waals surface area (Å²) in [6.45, 7) is 11.9. The van der Waals surface area contributed by atoms with Gasteiger partial charge in [-0.1, -0.05) is 0 Å². The summed E-state index contributed by atoms with van der Waals surface area (Å²) >= 11 is 0. The van der Waals surface area contributed by atoms with Gasteiger partial charge in [0.1, 0.15) is 33.9 Å². The van der Waals surface area contributed by atoms with Crippen molar-refractivity contribution in [2.24, 2.45) is 11.8 Å². The number of hydrogen-bond donors (Lipinski definition) is 0. The Labute approximate surface area is 277 Å². The standard InChI is InChI=1S/C40H40N2O6/c1-21-27-9-17-45-35(27)23(3)37-33(21)29(43)19-31(47-37)39(25-5-13-41(39)14-6-25)11-12-40(26-7-15-42(40)16-8-26)32-20-30(44)34-22(2)28-10-18-46-36(28)24(4)38(34)48-32/h9-10,17-20,25-26H,5-8,11-16H2,1-4H3. The molecule has 10 rings (SSSR count). The normalized spacial score (nSPS) is 29.5. The number of benzene rings is 2. The maximum Gasteiger partial charge on any atom is 0.193 e. The van der Waals surface area contributed by atoms with Gasteiger partial charge in [-0.25, -0.2) is 0 Å². The first kappa shape index (κ1) is 28.8. The summed E-state index contributed by atoms with van der Waals surface area (Å²) in [4.78, 5) is 33.3. The van der Waals surface area contributed by atoms with Crippen molar-refractivity contribution in [3.8, 4) is 0 Å². The summed E-state index contributed by atoms with van der Waals surface area (Å²) in [6.07, 6.45) is 9.35. The zero-order chi connectivity index (χ0) is 32.7. The summed E-state index contributed by atoms with van der Waals surface area (Å²) in [5, 5.41) is 3.21. The number of nitrogens with zero attached hydrogens (tertiary/aromatic N) is 2. The van der Waals surface area contributed by atoms with Gasteiger partial charge in [-0.3, -0.25) is 19.4 Å². The summed E-state index contributed by atoms with van der Waals surface area (Å²) in [5.74, 6) is 2.32. The van der Waals surface area contributed by atoms with Crippen LogP contribution in [0.2, 0.25) is 0 Å². The molecule has 0 amide bonds. The molecule has 0 saturated carbocycles. The van der Waals surface area contributed by atoms with Crippen LogP contribution in [0.15, 0.2) is 64.0 Å². The predicted molar refractivity (Wildman–Crippen MR) is 185 cm³/mol. The Bertz CT molecular complexity index is 2250. The van der Waals surface area contributed by atoms with Crippen LogP contribution in [-0.4, -0.2) is 36.0 Å². The second-order valence-electron chi connectivity index (χ2n) is 15.1. The van der Waals surface area contributed by atoms with Crippen molar-refractivity contribution in [2.75, 3.05) is 26.2 Å². The second kappa shape index (κ2) is 9.73. The Hall–Kier alpha value is -4.14. The molecule has 4 saturated heterocycles. The molecule has 8 heteroatoms. The SMILES string of the molecule is Cc1c2occc2c(C)c2c(=O)cc(C3(CCC4(c5cc(=O)c6c(C)c7ccoc7c(C)c6o5)C5CCN4CC5)C4CCN3CC4)oc12. The fourth-order valence-electron chi connectivity index (χ4n) is 11.0. The molecule has 0 aliphatic carbocycles. The molecule has 2 unspecified atom stereocenters. The molecule has 0 spiro atoms. The van der Waals surface area contributed by atoms with Gasteiger partial charge in [0.25, 0.3) is 0 Å². The fraction of sp³-hybridized carbons (Fsp3) is 0.450. The van der Waals surface area contributed by atoms with Crippen LogP contribution in [0.4, 0.5) is 0 Å². The largest absolute Gasteiger partial charge is 0.464 e. The third kappa shape index (κ3) is 3.42. The lowest BCUT2D eigenvalue weighted by molar-refractivity contribution is 0.0672. The number of aryl methyl sites for hydroxylation is 4. The molecule has 4 fully saturated rings. The van der Waals surface area contributed by atoms with Crippen molar-refractivity contribution in [2.45, 2.75) is 77.3 Å². The van der Waals surface area contributed by atoms with E-state index in [0.29, 0.717) is 33.8 Å². The summed E-state index contributed by atoms with van der Waals surface area (Å²) in [7, 11) is 0. The zero-order valence-corrected chi connectivity index (χ0v) is 28.0. The van der Waals surface area contributed by atoms with Crippen LogP contribution in [0.3, 0.4) is 0 Å². The molecule has 2 aromatic carbocycles. The minimum atomic E-state index is -0.397. The van der Waals surface area contributed by atoms with E-state index in [4.69, 9.17) is 17.7 Å². The second-order valence-corrected chi connectivity index (χ2v) is 15.1. The van der Waals surface area contributed by atoms with Gasteiger partial charge in [-0.15, -0.1) is 0 Å². The van der Waals surface area contributed by atoms with Crippen LogP contribution < -0.4 is 10.9 Å². The summed E-state index contributed by atoms with van der Waals surface area (Å²) < 4.78 is 25.7. The molecule has 6 aromatic rings. The van der Waals surface area contributed by atoms with E-state index in [-0.39, 0.29) is 10.9 Å². The summed E-state index contributed by atoms with van der Waals surface area (Å²) in [6, 6.07) is 7.46. The lowest BCUT2D eigenvalue weighted by Crippen LogP contribution is -2.45. The van der Waals surface area contributed by atoms with Gasteiger partial charge in [0, 0.05) is 34.0 Å². The molecule has 4 bridgehead atoms.